The second-order valence-corrected chi connectivity index (χ2v) is 16.1. The Kier molecular flexibility index (Phi) is 8.86. The van der Waals surface area contributed by atoms with Crippen molar-refractivity contribution in [1.82, 2.24) is 20.3 Å². The molecule has 5 aromatic rings. The standard InChI is InChI=1S/C34H38N6O4S2/c1-22-8-10-26(11-9-22)40-30(21-29(38-40)34(2,3)4)37-33(41)36-25-7-5-6-24(20-25)32(23-14-17-35-18-15-23)46(42,43)31-13-12-28(45-31)27-16-19-44-39-27/h5-13,16,19-21,23,32,35H,14-15,17-18H2,1-4H3,(H2,36,37,41). The lowest BCUT2D eigenvalue weighted by atomic mass is 9.90. The van der Waals surface area contributed by atoms with E-state index in [9.17, 15) is 13.2 Å². The van der Waals surface area contributed by atoms with Crippen LogP contribution >= 0.6 is 11.3 Å². The molecule has 1 aliphatic rings. The molecule has 3 N–H and O–H groups in total. The number of carbonyl (C=O) groups excluding carboxylic acids is 1. The number of benzene rings is 2. The van der Waals surface area contributed by atoms with Gasteiger partial charge >= 0.3 is 6.03 Å². The second-order valence-electron chi connectivity index (χ2n) is 12.7. The number of carbonyl (C=O) groups is 1. The number of aromatic nitrogens is 3. The fourth-order valence-corrected chi connectivity index (χ4v) is 9.25. The minimum absolute atomic E-state index is 0.0902. The summed E-state index contributed by atoms with van der Waals surface area (Å²) < 4.78 is 35.6. The van der Waals surface area contributed by atoms with Gasteiger partial charge in [0, 0.05) is 23.2 Å². The number of rotatable bonds is 8. The average Bonchev–Trinajstić information content (AvgIpc) is 3.80. The third-order valence-electron chi connectivity index (χ3n) is 8.17. The van der Waals surface area contributed by atoms with Crippen LogP contribution in [0.25, 0.3) is 16.3 Å². The van der Waals surface area contributed by atoms with Gasteiger partial charge in [0.05, 0.1) is 21.5 Å². The highest BCUT2D eigenvalue weighted by molar-refractivity contribution is 7.93. The zero-order chi connectivity index (χ0) is 32.5. The van der Waals surface area contributed by atoms with E-state index in [4.69, 9.17) is 9.62 Å². The van der Waals surface area contributed by atoms with E-state index < -0.39 is 21.1 Å². The normalized spacial score (nSPS) is 15.0. The van der Waals surface area contributed by atoms with Crippen LogP contribution in [-0.4, -0.2) is 42.5 Å². The van der Waals surface area contributed by atoms with Crippen LogP contribution in [0.1, 0.15) is 55.7 Å². The molecule has 0 bridgehead atoms. The van der Waals surface area contributed by atoms with E-state index in [2.05, 4.69) is 41.9 Å². The Hall–Kier alpha value is -4.26. The Bertz CT molecular complexity index is 1920. The van der Waals surface area contributed by atoms with Crippen LogP contribution in [0.3, 0.4) is 0 Å². The summed E-state index contributed by atoms with van der Waals surface area (Å²) in [6, 6.07) is 21.6. The van der Waals surface area contributed by atoms with Crippen molar-refractivity contribution in [3.63, 3.8) is 0 Å². The summed E-state index contributed by atoms with van der Waals surface area (Å²) in [7, 11) is -3.78. The summed E-state index contributed by atoms with van der Waals surface area (Å²) >= 11 is 1.19. The SMILES string of the molecule is Cc1ccc(-n2nc(C(C)(C)C)cc2NC(=O)Nc2cccc(C(C3CCNCC3)S(=O)(=O)c3ccc(-c4ccon4)s3)c2)cc1. The second kappa shape index (κ2) is 12.9. The Balaban J connectivity index is 1.28. The number of hydrogen-bond donors (Lipinski definition) is 3. The molecular weight excluding hydrogens is 621 g/mol. The van der Waals surface area contributed by atoms with Crippen LogP contribution in [0.2, 0.25) is 0 Å². The van der Waals surface area contributed by atoms with Crippen molar-refractivity contribution in [1.29, 1.82) is 0 Å². The zero-order valence-corrected chi connectivity index (χ0v) is 27.9. The predicted molar refractivity (Wildman–Crippen MR) is 181 cm³/mol. The highest BCUT2D eigenvalue weighted by atomic mass is 32.2. The molecule has 2 amide bonds. The minimum atomic E-state index is -3.78. The number of nitrogens with zero attached hydrogens (tertiary/aromatic N) is 3. The molecule has 2 aromatic carbocycles. The molecular formula is C34H38N6O4S2. The third-order valence-corrected chi connectivity index (χ3v) is 12.0. The van der Waals surface area contributed by atoms with E-state index in [1.807, 2.05) is 43.3 Å². The fraction of sp³-hybridized carbons (Fsp3) is 0.324. The summed E-state index contributed by atoms with van der Waals surface area (Å²) in [6.07, 6.45) is 2.92. The topological polar surface area (TPSA) is 131 Å². The van der Waals surface area contributed by atoms with E-state index in [-0.39, 0.29) is 15.5 Å². The molecule has 10 nitrogen and oxygen atoms in total. The number of urea groups is 1. The number of anilines is 2. The highest BCUT2D eigenvalue weighted by Crippen LogP contribution is 2.43. The molecule has 6 rings (SSSR count). The molecule has 0 saturated carbocycles. The summed E-state index contributed by atoms with van der Waals surface area (Å²) in [6.45, 7) is 9.73. The van der Waals surface area contributed by atoms with E-state index in [1.165, 1.54) is 17.6 Å². The van der Waals surface area contributed by atoms with Crippen molar-refractivity contribution in [2.45, 2.75) is 55.4 Å². The number of sulfone groups is 1. The molecule has 1 unspecified atom stereocenters. The number of thiophene rings is 1. The molecule has 3 aromatic heterocycles. The van der Waals surface area contributed by atoms with Gasteiger partial charge < -0.3 is 15.2 Å². The molecule has 1 saturated heterocycles. The molecule has 240 valence electrons. The maximum Gasteiger partial charge on any atom is 0.324 e. The Morgan fingerprint density at radius 1 is 1.02 bits per heavy atom. The molecule has 12 heteroatoms. The van der Waals surface area contributed by atoms with Crippen LogP contribution < -0.4 is 16.0 Å². The lowest BCUT2D eigenvalue weighted by Gasteiger charge is -2.30. The first-order valence-electron chi connectivity index (χ1n) is 15.3. The molecule has 0 radical (unpaired) electrons. The van der Waals surface area contributed by atoms with Gasteiger partial charge in [-0.1, -0.05) is 55.8 Å². The number of amides is 2. The third kappa shape index (κ3) is 6.79. The van der Waals surface area contributed by atoms with E-state index >= 15 is 0 Å². The van der Waals surface area contributed by atoms with Crippen LogP contribution in [-0.2, 0) is 15.3 Å². The lowest BCUT2D eigenvalue weighted by molar-refractivity contribution is 0.262. The van der Waals surface area contributed by atoms with Gasteiger partial charge in [-0.3, -0.25) is 5.32 Å². The predicted octanol–water partition coefficient (Wildman–Crippen LogP) is 7.35. The maximum absolute atomic E-state index is 14.3. The van der Waals surface area contributed by atoms with E-state index in [0.717, 1.165) is 47.8 Å². The largest absolute Gasteiger partial charge is 0.364 e. The number of hydrogen-bond acceptors (Lipinski definition) is 8. The van der Waals surface area contributed by atoms with Crippen LogP contribution in [0.5, 0.6) is 0 Å². The summed E-state index contributed by atoms with van der Waals surface area (Å²) in [5, 5.41) is 17.2. The van der Waals surface area contributed by atoms with Gasteiger partial charge in [0.2, 0.25) is 0 Å². The molecule has 46 heavy (non-hydrogen) atoms. The Labute approximate surface area is 273 Å². The minimum Gasteiger partial charge on any atom is -0.364 e. The van der Waals surface area contributed by atoms with Gasteiger partial charge in [-0.2, -0.15) is 5.10 Å². The van der Waals surface area contributed by atoms with Crippen LogP contribution in [0.15, 0.2) is 87.8 Å². The van der Waals surface area contributed by atoms with Crippen LogP contribution in [0.4, 0.5) is 16.3 Å². The van der Waals surface area contributed by atoms with Crippen molar-refractivity contribution < 1.29 is 17.7 Å². The van der Waals surface area contributed by atoms with Gasteiger partial charge in [0.1, 0.15) is 22.0 Å². The van der Waals surface area contributed by atoms with Gasteiger partial charge in [-0.05, 0) is 80.7 Å². The molecule has 0 spiro atoms. The van der Waals surface area contributed by atoms with Crippen LogP contribution in [0, 0.1) is 12.8 Å². The first-order valence-corrected chi connectivity index (χ1v) is 17.7. The monoisotopic (exact) mass is 658 g/mol. The molecule has 1 fully saturated rings. The van der Waals surface area contributed by atoms with Gasteiger partial charge in [-0.25, -0.2) is 17.9 Å². The molecule has 0 aliphatic carbocycles. The molecule has 1 aliphatic heterocycles. The van der Waals surface area contributed by atoms with Crippen molar-refractivity contribution in [3.05, 3.63) is 95.9 Å². The quantitative estimate of drug-likeness (QED) is 0.159. The van der Waals surface area contributed by atoms with Gasteiger partial charge in [-0.15, -0.1) is 11.3 Å². The first kappa shape index (κ1) is 31.7. The van der Waals surface area contributed by atoms with Gasteiger partial charge in [0.15, 0.2) is 9.84 Å². The van der Waals surface area contributed by atoms with Gasteiger partial charge in [0.25, 0.3) is 0 Å². The number of piperidine rings is 1. The van der Waals surface area contributed by atoms with Crippen molar-refractivity contribution in [2.75, 3.05) is 23.7 Å². The summed E-state index contributed by atoms with van der Waals surface area (Å²) in [5.74, 6) is 0.436. The first-order chi connectivity index (χ1) is 22.0. The zero-order valence-electron chi connectivity index (χ0n) is 26.3. The average molecular weight is 659 g/mol. The Morgan fingerprint density at radius 3 is 2.48 bits per heavy atom. The summed E-state index contributed by atoms with van der Waals surface area (Å²) in [4.78, 5) is 14.1. The van der Waals surface area contributed by atoms with Crippen molar-refractivity contribution in [2.24, 2.45) is 5.92 Å². The van der Waals surface area contributed by atoms with Crippen molar-refractivity contribution in [3.8, 4) is 16.3 Å². The lowest BCUT2D eigenvalue weighted by Crippen LogP contribution is -2.33. The molecule has 1 atom stereocenters. The highest BCUT2D eigenvalue weighted by Gasteiger charge is 2.38. The number of aryl methyl sites for hydroxylation is 1. The fourth-order valence-electron chi connectivity index (χ4n) is 5.72. The van der Waals surface area contributed by atoms with E-state index in [0.29, 0.717) is 22.8 Å². The number of nitrogens with one attached hydrogen (secondary N) is 3. The van der Waals surface area contributed by atoms with E-state index in [1.54, 1.807) is 41.1 Å². The maximum atomic E-state index is 14.3. The molecule has 4 heterocycles. The Morgan fingerprint density at radius 2 is 1.78 bits per heavy atom. The van der Waals surface area contributed by atoms with Crippen molar-refractivity contribution >= 4 is 38.7 Å². The smallest absolute Gasteiger partial charge is 0.324 e. The summed E-state index contributed by atoms with van der Waals surface area (Å²) in [5.41, 5.74) is 4.29.